The quantitative estimate of drug-likeness (QED) is 0.741. The van der Waals surface area contributed by atoms with Crippen LogP contribution in [0.1, 0.15) is 31.0 Å². The standard InChI is InChI=1S/C10H13NO4/c1-5(4-15-6(2)12)11-9(13)7-3-8(7)10(11)14/h5,13-14H,3-4H2,1-2H3/t5-/m0/s1. The molecule has 0 aromatic carbocycles. The molecule has 1 aromatic heterocycles. The van der Waals surface area contributed by atoms with Crippen LogP contribution in [0.25, 0.3) is 0 Å². The van der Waals surface area contributed by atoms with Crippen LogP contribution in [0.4, 0.5) is 0 Å². The highest BCUT2D eigenvalue weighted by atomic mass is 16.5. The van der Waals surface area contributed by atoms with Gasteiger partial charge in [-0.1, -0.05) is 0 Å². The van der Waals surface area contributed by atoms with Gasteiger partial charge in [0.25, 0.3) is 0 Å². The van der Waals surface area contributed by atoms with Crippen molar-refractivity contribution in [1.82, 2.24) is 4.57 Å². The Morgan fingerprint density at radius 2 is 2.00 bits per heavy atom. The Balaban J connectivity index is 2.13. The maximum Gasteiger partial charge on any atom is 0.302 e. The van der Waals surface area contributed by atoms with E-state index in [9.17, 15) is 15.0 Å². The molecule has 0 amide bonds. The Morgan fingerprint density at radius 1 is 1.47 bits per heavy atom. The maximum absolute atomic E-state index is 10.6. The number of hydrogen-bond acceptors (Lipinski definition) is 4. The molecule has 0 aliphatic heterocycles. The van der Waals surface area contributed by atoms with Gasteiger partial charge in [0.1, 0.15) is 6.61 Å². The molecule has 1 aromatic rings. The van der Waals surface area contributed by atoms with Crippen LogP contribution in [0.3, 0.4) is 0 Å². The molecule has 1 aliphatic rings. The second-order valence-corrected chi connectivity index (χ2v) is 3.80. The predicted octanol–water partition coefficient (Wildman–Crippen LogP) is 0.928. The summed E-state index contributed by atoms with van der Waals surface area (Å²) >= 11 is 0. The Hall–Kier alpha value is -1.65. The summed E-state index contributed by atoms with van der Waals surface area (Å²) in [5, 5.41) is 19.3. The molecular weight excluding hydrogens is 198 g/mol. The molecule has 0 saturated carbocycles. The summed E-state index contributed by atoms with van der Waals surface area (Å²) in [4.78, 5) is 10.6. The Kier molecular flexibility index (Phi) is 2.10. The van der Waals surface area contributed by atoms with E-state index in [0.29, 0.717) is 6.42 Å². The van der Waals surface area contributed by atoms with E-state index in [1.54, 1.807) is 6.92 Å². The smallest absolute Gasteiger partial charge is 0.302 e. The summed E-state index contributed by atoms with van der Waals surface area (Å²) in [6.07, 6.45) is 0.661. The first-order chi connectivity index (χ1) is 7.02. The zero-order valence-corrected chi connectivity index (χ0v) is 8.65. The summed E-state index contributed by atoms with van der Waals surface area (Å²) < 4.78 is 6.20. The van der Waals surface area contributed by atoms with Gasteiger partial charge in [-0.15, -0.1) is 0 Å². The van der Waals surface area contributed by atoms with Gasteiger partial charge in [-0.25, -0.2) is 0 Å². The predicted molar refractivity (Wildman–Crippen MR) is 51.9 cm³/mol. The van der Waals surface area contributed by atoms with Gasteiger partial charge in [-0.05, 0) is 6.92 Å². The number of carbonyl (C=O) groups is 1. The van der Waals surface area contributed by atoms with Crippen molar-refractivity contribution in [2.24, 2.45) is 0 Å². The van der Waals surface area contributed by atoms with Gasteiger partial charge in [0.15, 0.2) is 11.8 Å². The van der Waals surface area contributed by atoms with E-state index in [1.165, 1.54) is 11.5 Å². The number of fused-ring (bicyclic) bond motifs is 1. The Morgan fingerprint density at radius 3 is 2.47 bits per heavy atom. The van der Waals surface area contributed by atoms with E-state index in [-0.39, 0.29) is 30.4 Å². The van der Waals surface area contributed by atoms with Crippen LogP contribution in [0.2, 0.25) is 0 Å². The molecule has 5 heteroatoms. The summed E-state index contributed by atoms with van der Waals surface area (Å²) in [6.45, 7) is 3.23. The summed E-state index contributed by atoms with van der Waals surface area (Å²) in [6, 6.07) is -0.262. The maximum atomic E-state index is 10.6. The van der Waals surface area contributed by atoms with Gasteiger partial charge in [0.2, 0.25) is 0 Å². The fraction of sp³-hybridized carbons (Fsp3) is 0.500. The lowest BCUT2D eigenvalue weighted by atomic mass is 10.3. The van der Waals surface area contributed by atoms with Gasteiger partial charge in [-0.2, -0.15) is 0 Å². The van der Waals surface area contributed by atoms with Crippen molar-refractivity contribution in [3.8, 4) is 11.8 Å². The molecule has 2 rings (SSSR count). The minimum absolute atomic E-state index is 0.0853. The molecule has 0 bridgehead atoms. The first-order valence-corrected chi connectivity index (χ1v) is 4.79. The number of aromatic hydroxyl groups is 2. The Bertz CT molecular complexity index is 396. The van der Waals surface area contributed by atoms with E-state index in [4.69, 9.17) is 4.74 Å². The first-order valence-electron chi connectivity index (χ1n) is 4.79. The van der Waals surface area contributed by atoms with Crippen molar-refractivity contribution in [3.63, 3.8) is 0 Å². The summed E-state index contributed by atoms with van der Waals surface area (Å²) in [7, 11) is 0. The second-order valence-electron chi connectivity index (χ2n) is 3.80. The normalized spacial score (nSPS) is 14.5. The third-order valence-electron chi connectivity index (χ3n) is 2.56. The molecule has 0 fully saturated rings. The molecule has 82 valence electrons. The highest BCUT2D eigenvalue weighted by molar-refractivity contribution is 5.66. The van der Waals surface area contributed by atoms with Crippen molar-refractivity contribution < 1.29 is 19.7 Å². The van der Waals surface area contributed by atoms with Crippen molar-refractivity contribution in [3.05, 3.63) is 11.1 Å². The molecule has 5 nitrogen and oxygen atoms in total. The molecule has 0 unspecified atom stereocenters. The number of rotatable bonds is 3. The first kappa shape index (κ1) is 9.89. The van der Waals surface area contributed by atoms with E-state index in [2.05, 4.69) is 0 Å². The van der Waals surface area contributed by atoms with E-state index >= 15 is 0 Å². The van der Waals surface area contributed by atoms with Crippen molar-refractivity contribution in [2.45, 2.75) is 26.3 Å². The summed E-state index contributed by atoms with van der Waals surface area (Å²) in [5.41, 5.74) is 1.59. The number of hydrogen-bond donors (Lipinski definition) is 2. The topological polar surface area (TPSA) is 71.7 Å². The van der Waals surface area contributed by atoms with Gasteiger partial charge >= 0.3 is 5.97 Å². The zero-order chi connectivity index (χ0) is 11.2. The van der Waals surface area contributed by atoms with Gasteiger partial charge < -0.3 is 14.9 Å². The average Bonchev–Trinajstić information content (AvgIpc) is 2.89. The molecule has 1 aliphatic carbocycles. The van der Waals surface area contributed by atoms with Crippen LogP contribution < -0.4 is 0 Å². The molecule has 0 saturated heterocycles. The lowest BCUT2D eigenvalue weighted by Crippen LogP contribution is -2.14. The van der Waals surface area contributed by atoms with Gasteiger partial charge in [0, 0.05) is 24.5 Å². The SMILES string of the molecule is CC(=O)OC[C@H](C)n1c(O)c2c(c1O)C2. The highest BCUT2D eigenvalue weighted by Gasteiger charge is 2.34. The van der Waals surface area contributed by atoms with E-state index < -0.39 is 0 Å². The number of carbonyl (C=O) groups excluding carboxylic acids is 1. The van der Waals surface area contributed by atoms with Crippen molar-refractivity contribution in [1.29, 1.82) is 0 Å². The van der Waals surface area contributed by atoms with E-state index in [1.807, 2.05) is 0 Å². The Labute approximate surface area is 86.9 Å². The monoisotopic (exact) mass is 211 g/mol. The molecule has 15 heavy (non-hydrogen) atoms. The number of esters is 1. The molecule has 2 N–H and O–H groups in total. The fourth-order valence-electron chi connectivity index (χ4n) is 1.68. The lowest BCUT2D eigenvalue weighted by Gasteiger charge is -2.16. The number of nitrogens with zero attached hydrogens (tertiary/aromatic N) is 1. The van der Waals surface area contributed by atoms with Crippen LogP contribution in [0.15, 0.2) is 0 Å². The third kappa shape index (κ3) is 1.54. The number of aromatic nitrogens is 1. The van der Waals surface area contributed by atoms with Crippen LogP contribution in [0, 0.1) is 0 Å². The minimum Gasteiger partial charge on any atom is -0.494 e. The largest absolute Gasteiger partial charge is 0.494 e. The van der Waals surface area contributed by atoms with Crippen molar-refractivity contribution >= 4 is 5.97 Å². The second kappa shape index (κ2) is 3.18. The molecule has 1 atom stereocenters. The average molecular weight is 211 g/mol. The molecule has 0 radical (unpaired) electrons. The number of ether oxygens (including phenoxy) is 1. The summed E-state index contributed by atoms with van der Waals surface area (Å²) in [5.74, 6) is -0.199. The molecular formula is C10H13NO4. The van der Waals surface area contributed by atoms with Crippen LogP contribution in [-0.4, -0.2) is 27.4 Å². The molecule has 0 spiro atoms. The van der Waals surface area contributed by atoms with E-state index in [0.717, 1.165) is 11.1 Å². The van der Waals surface area contributed by atoms with Gasteiger partial charge in [0.05, 0.1) is 6.04 Å². The molecule has 1 heterocycles. The third-order valence-corrected chi connectivity index (χ3v) is 2.56. The van der Waals surface area contributed by atoms with Crippen LogP contribution in [-0.2, 0) is 16.0 Å². The van der Waals surface area contributed by atoms with Crippen LogP contribution >= 0.6 is 0 Å². The zero-order valence-electron chi connectivity index (χ0n) is 8.65. The minimum atomic E-state index is -0.370. The fourth-order valence-corrected chi connectivity index (χ4v) is 1.68. The highest BCUT2D eigenvalue weighted by Crippen LogP contribution is 2.47. The van der Waals surface area contributed by atoms with Gasteiger partial charge in [-0.3, -0.25) is 9.36 Å². The lowest BCUT2D eigenvalue weighted by molar-refractivity contribution is -0.142. The van der Waals surface area contributed by atoms with Crippen molar-refractivity contribution in [2.75, 3.05) is 6.61 Å². The van der Waals surface area contributed by atoms with Crippen LogP contribution in [0.5, 0.6) is 11.8 Å².